The first kappa shape index (κ1) is 18.7. The average molecular weight is 393 g/mol. The number of ether oxygens (including phenoxy) is 3. The lowest BCUT2D eigenvalue weighted by Gasteiger charge is -2.29. The fraction of sp³-hybridized carbons (Fsp3) is 0.167. The number of nitrogens with zero attached hydrogens (tertiary/aromatic N) is 1. The van der Waals surface area contributed by atoms with E-state index < -0.39 is 26.5 Å². The Kier molecular flexibility index (Phi) is 4.79. The maximum Gasteiger partial charge on any atom is 0.351 e. The molecule has 0 bridgehead atoms. The number of halogens is 1. The van der Waals surface area contributed by atoms with E-state index >= 15 is 0 Å². The highest BCUT2D eigenvalue weighted by Crippen LogP contribution is 2.44. The fourth-order valence-electron chi connectivity index (χ4n) is 2.73. The van der Waals surface area contributed by atoms with Crippen LogP contribution in [-0.4, -0.2) is 35.7 Å². The summed E-state index contributed by atoms with van der Waals surface area (Å²) in [5, 5.41) is 0. The van der Waals surface area contributed by atoms with Gasteiger partial charge in [0.15, 0.2) is 4.91 Å². The summed E-state index contributed by atoms with van der Waals surface area (Å²) in [6.07, 6.45) is 1.09. The van der Waals surface area contributed by atoms with Gasteiger partial charge in [-0.25, -0.2) is 17.6 Å². The monoisotopic (exact) mass is 393 g/mol. The maximum absolute atomic E-state index is 13.9. The molecule has 7 nitrogen and oxygen atoms in total. The summed E-state index contributed by atoms with van der Waals surface area (Å²) in [7, 11) is -0.176. The fourth-order valence-corrected chi connectivity index (χ4v) is 4.19. The van der Waals surface area contributed by atoms with Crippen molar-refractivity contribution >= 4 is 27.2 Å². The predicted octanol–water partition coefficient (Wildman–Crippen LogP) is 2.78. The zero-order chi connectivity index (χ0) is 19.8. The molecule has 0 saturated heterocycles. The lowest BCUT2D eigenvalue weighted by molar-refractivity contribution is -0.135. The van der Waals surface area contributed by atoms with E-state index in [1.54, 1.807) is 18.2 Å². The molecule has 0 spiro atoms. The lowest BCUT2D eigenvalue weighted by Crippen LogP contribution is -2.26. The largest absolute Gasteiger partial charge is 0.497 e. The third-order valence-electron chi connectivity index (χ3n) is 4.04. The van der Waals surface area contributed by atoms with Crippen LogP contribution in [0.1, 0.15) is 0 Å². The average Bonchev–Trinajstić information content (AvgIpc) is 2.67. The van der Waals surface area contributed by atoms with Crippen LogP contribution in [-0.2, 0) is 19.4 Å². The second kappa shape index (κ2) is 6.92. The molecular formula is C18H16FNO6S. The van der Waals surface area contributed by atoms with Crippen molar-refractivity contribution in [1.29, 1.82) is 0 Å². The van der Waals surface area contributed by atoms with Gasteiger partial charge in [0.1, 0.15) is 17.3 Å². The minimum atomic E-state index is -4.17. The van der Waals surface area contributed by atoms with Gasteiger partial charge in [-0.3, -0.25) is 0 Å². The van der Waals surface area contributed by atoms with Gasteiger partial charge in [-0.15, -0.1) is 0 Å². The van der Waals surface area contributed by atoms with Crippen LogP contribution in [0.3, 0.4) is 0 Å². The van der Waals surface area contributed by atoms with Crippen molar-refractivity contribution in [3.05, 3.63) is 53.3 Å². The van der Waals surface area contributed by atoms with Crippen LogP contribution in [0.2, 0.25) is 0 Å². The van der Waals surface area contributed by atoms with Crippen LogP contribution < -0.4 is 14.4 Å². The number of rotatable bonds is 4. The Labute approximate surface area is 155 Å². The first-order chi connectivity index (χ1) is 12.8. The molecule has 0 aromatic heterocycles. The van der Waals surface area contributed by atoms with Crippen molar-refractivity contribution in [2.45, 2.75) is 4.90 Å². The van der Waals surface area contributed by atoms with Crippen molar-refractivity contribution in [3.8, 4) is 11.5 Å². The SMILES string of the molecule is COC(=O)C1=CN(c2ccc(OC)cc2OC)c2cc(F)ccc2S1(=O)=O. The van der Waals surface area contributed by atoms with Gasteiger partial charge < -0.3 is 19.1 Å². The summed E-state index contributed by atoms with van der Waals surface area (Å²) in [5.41, 5.74) is 0.438. The van der Waals surface area contributed by atoms with Crippen molar-refractivity contribution in [1.82, 2.24) is 0 Å². The number of hydrogen-bond acceptors (Lipinski definition) is 7. The predicted molar refractivity (Wildman–Crippen MR) is 95.4 cm³/mol. The molecule has 0 saturated carbocycles. The van der Waals surface area contributed by atoms with Crippen LogP contribution in [0.5, 0.6) is 11.5 Å². The quantitative estimate of drug-likeness (QED) is 0.583. The Bertz CT molecular complexity index is 1050. The van der Waals surface area contributed by atoms with Gasteiger partial charge in [-0.05, 0) is 30.3 Å². The van der Waals surface area contributed by atoms with E-state index in [0.717, 1.165) is 31.5 Å². The maximum atomic E-state index is 13.9. The minimum Gasteiger partial charge on any atom is -0.497 e. The van der Waals surface area contributed by atoms with Gasteiger partial charge in [0.25, 0.3) is 0 Å². The molecule has 0 radical (unpaired) electrons. The second-order valence-electron chi connectivity index (χ2n) is 5.51. The molecule has 142 valence electrons. The first-order valence-corrected chi connectivity index (χ1v) is 9.18. The van der Waals surface area contributed by atoms with Crippen molar-refractivity contribution in [3.63, 3.8) is 0 Å². The van der Waals surface area contributed by atoms with Crippen LogP contribution >= 0.6 is 0 Å². The summed E-state index contributed by atoms with van der Waals surface area (Å²) in [6.45, 7) is 0. The Hall–Kier alpha value is -3.07. The highest BCUT2D eigenvalue weighted by molar-refractivity contribution is 7.96. The Morgan fingerprint density at radius 3 is 2.37 bits per heavy atom. The number of esters is 1. The Balaban J connectivity index is 2.31. The van der Waals surface area contributed by atoms with Crippen molar-refractivity contribution in [2.24, 2.45) is 0 Å². The second-order valence-corrected chi connectivity index (χ2v) is 7.39. The molecule has 1 aliphatic heterocycles. The van der Waals surface area contributed by atoms with Crippen molar-refractivity contribution in [2.75, 3.05) is 26.2 Å². The Morgan fingerprint density at radius 1 is 1.00 bits per heavy atom. The molecule has 2 aromatic rings. The number of sulfone groups is 1. The summed E-state index contributed by atoms with van der Waals surface area (Å²) in [4.78, 5) is 12.6. The number of carbonyl (C=O) groups excluding carboxylic acids is 1. The van der Waals surface area contributed by atoms with Crippen LogP contribution in [0.25, 0.3) is 0 Å². The molecule has 2 aromatic carbocycles. The van der Waals surface area contributed by atoms with E-state index in [-0.39, 0.29) is 10.6 Å². The van der Waals surface area contributed by atoms with Gasteiger partial charge in [-0.1, -0.05) is 0 Å². The van der Waals surface area contributed by atoms with Gasteiger partial charge in [0.05, 0.1) is 37.6 Å². The van der Waals surface area contributed by atoms with E-state index in [2.05, 4.69) is 4.74 Å². The molecule has 3 rings (SSSR count). The van der Waals surface area contributed by atoms with E-state index in [1.165, 1.54) is 19.1 Å². The van der Waals surface area contributed by atoms with Gasteiger partial charge in [0, 0.05) is 12.3 Å². The van der Waals surface area contributed by atoms with E-state index in [4.69, 9.17) is 9.47 Å². The van der Waals surface area contributed by atoms with E-state index in [1.807, 2.05) is 0 Å². The number of hydrogen-bond donors (Lipinski definition) is 0. The minimum absolute atomic E-state index is 0.0473. The molecule has 27 heavy (non-hydrogen) atoms. The molecule has 0 fully saturated rings. The zero-order valence-electron chi connectivity index (χ0n) is 14.7. The number of methoxy groups -OCH3 is 3. The molecule has 0 amide bonds. The summed E-state index contributed by atoms with van der Waals surface area (Å²) >= 11 is 0. The molecular weight excluding hydrogens is 377 g/mol. The zero-order valence-corrected chi connectivity index (χ0v) is 15.5. The standard InChI is InChI=1S/C18H16FNO6S/c1-24-12-5-6-13(15(9-12)25-2)20-10-17(18(21)26-3)27(22,23)16-7-4-11(19)8-14(16)20/h4-10H,1-3H3. The van der Waals surface area contributed by atoms with Gasteiger partial charge in [0.2, 0.25) is 9.84 Å². The van der Waals surface area contributed by atoms with Crippen LogP contribution in [0.4, 0.5) is 15.8 Å². The third-order valence-corrected chi connectivity index (χ3v) is 5.81. The molecule has 9 heteroatoms. The normalized spacial score (nSPS) is 14.8. The van der Waals surface area contributed by atoms with E-state index in [0.29, 0.717) is 17.2 Å². The highest BCUT2D eigenvalue weighted by atomic mass is 32.2. The topological polar surface area (TPSA) is 82.1 Å². The smallest absolute Gasteiger partial charge is 0.351 e. The lowest BCUT2D eigenvalue weighted by atomic mass is 10.2. The number of fused-ring (bicyclic) bond motifs is 1. The Morgan fingerprint density at radius 2 is 1.74 bits per heavy atom. The van der Waals surface area contributed by atoms with Gasteiger partial charge >= 0.3 is 5.97 Å². The summed E-state index contributed by atoms with van der Waals surface area (Å²) < 4.78 is 54.5. The summed E-state index contributed by atoms with van der Waals surface area (Å²) in [6, 6.07) is 8.02. The molecule has 1 heterocycles. The molecule has 0 unspecified atom stereocenters. The summed E-state index contributed by atoms with van der Waals surface area (Å²) in [5.74, 6) is -0.806. The number of carbonyl (C=O) groups is 1. The highest BCUT2D eigenvalue weighted by Gasteiger charge is 2.37. The van der Waals surface area contributed by atoms with E-state index in [9.17, 15) is 17.6 Å². The molecule has 0 N–H and O–H groups in total. The number of benzene rings is 2. The van der Waals surface area contributed by atoms with Gasteiger partial charge in [-0.2, -0.15) is 0 Å². The van der Waals surface area contributed by atoms with Crippen molar-refractivity contribution < 1.29 is 31.8 Å². The molecule has 0 aliphatic carbocycles. The van der Waals surface area contributed by atoms with Crippen LogP contribution in [0, 0.1) is 5.82 Å². The number of anilines is 2. The molecule has 0 atom stereocenters. The first-order valence-electron chi connectivity index (χ1n) is 7.69. The molecule has 1 aliphatic rings. The van der Waals surface area contributed by atoms with Crippen LogP contribution in [0.15, 0.2) is 52.4 Å². The third kappa shape index (κ3) is 3.10.